The topological polar surface area (TPSA) is 82.1 Å². The first kappa shape index (κ1) is 19.5. The molecule has 1 heterocycles. The highest BCUT2D eigenvalue weighted by molar-refractivity contribution is 5.83. The van der Waals surface area contributed by atoms with Crippen LogP contribution in [0.4, 0.5) is 4.79 Å². The number of carbonyl (C=O) groups is 3. The van der Waals surface area contributed by atoms with Gasteiger partial charge in [-0.05, 0) is 39.3 Å². The van der Waals surface area contributed by atoms with Crippen LogP contribution in [0, 0.1) is 0 Å². The summed E-state index contributed by atoms with van der Waals surface area (Å²) in [5.74, 6) is -0.403. The molecule has 1 aliphatic heterocycles. The average Bonchev–Trinajstić information content (AvgIpc) is 2.53. The zero-order valence-electron chi connectivity index (χ0n) is 15.4. The van der Waals surface area contributed by atoms with Gasteiger partial charge in [0, 0.05) is 19.5 Å². The molecule has 0 saturated carbocycles. The summed E-state index contributed by atoms with van der Waals surface area (Å²) >= 11 is 0. The number of allylic oxidation sites excluding steroid dienone is 1. The summed E-state index contributed by atoms with van der Waals surface area (Å²) in [7, 11) is 0. The van der Waals surface area contributed by atoms with Gasteiger partial charge in [-0.3, -0.25) is 9.69 Å². The largest absolute Gasteiger partial charge is 0.458 e. The molecule has 1 aromatic rings. The lowest BCUT2D eigenvalue weighted by Gasteiger charge is -2.32. The van der Waals surface area contributed by atoms with Crippen molar-refractivity contribution < 1.29 is 28.6 Å². The summed E-state index contributed by atoms with van der Waals surface area (Å²) < 4.78 is 15.8. The SMILES string of the molecule is CC(=O)OC1=CN(C(=O)Oc2ccccc2)[C@H](C(=O)OC(C)(C)C)CC1. The normalized spacial score (nSPS) is 17.2. The number of carbonyl (C=O) groups excluding carboxylic acids is 3. The maximum absolute atomic E-state index is 12.6. The molecule has 0 radical (unpaired) electrons. The fourth-order valence-corrected chi connectivity index (χ4v) is 2.41. The molecule has 0 aliphatic carbocycles. The van der Waals surface area contributed by atoms with E-state index in [1.807, 2.05) is 0 Å². The molecule has 0 aromatic heterocycles. The third-order valence-electron chi connectivity index (χ3n) is 3.40. The van der Waals surface area contributed by atoms with Gasteiger partial charge in [-0.1, -0.05) is 18.2 Å². The fraction of sp³-hybridized carbons (Fsp3) is 0.421. The van der Waals surface area contributed by atoms with Crippen LogP contribution in [-0.2, 0) is 19.1 Å². The third-order valence-corrected chi connectivity index (χ3v) is 3.40. The van der Waals surface area contributed by atoms with Crippen LogP contribution in [0.2, 0.25) is 0 Å². The van der Waals surface area contributed by atoms with Crippen molar-refractivity contribution in [2.75, 3.05) is 0 Å². The summed E-state index contributed by atoms with van der Waals surface area (Å²) in [4.78, 5) is 37.4. The molecule has 7 heteroatoms. The van der Waals surface area contributed by atoms with Crippen molar-refractivity contribution in [2.24, 2.45) is 0 Å². The zero-order valence-corrected chi connectivity index (χ0v) is 15.4. The van der Waals surface area contributed by atoms with E-state index in [4.69, 9.17) is 14.2 Å². The van der Waals surface area contributed by atoms with Gasteiger partial charge in [-0.2, -0.15) is 0 Å². The predicted molar refractivity (Wildman–Crippen MR) is 93.0 cm³/mol. The molecule has 7 nitrogen and oxygen atoms in total. The second-order valence-corrected chi connectivity index (χ2v) is 6.87. The standard InChI is InChI=1S/C19H23NO6/c1-13(21)24-15-10-11-16(17(22)26-19(2,3)4)20(12-15)18(23)25-14-8-6-5-7-9-14/h5-9,12,16H,10-11H2,1-4H3/t16-/m0/s1. The Bertz CT molecular complexity index is 704. The molecule has 0 N–H and O–H groups in total. The number of hydrogen-bond acceptors (Lipinski definition) is 6. The second kappa shape index (κ2) is 8.03. The van der Waals surface area contributed by atoms with Gasteiger partial charge in [0.1, 0.15) is 23.2 Å². The van der Waals surface area contributed by atoms with Crippen LogP contribution in [0.25, 0.3) is 0 Å². The predicted octanol–water partition coefficient (Wildman–Crippen LogP) is 3.40. The van der Waals surface area contributed by atoms with E-state index in [0.717, 1.165) is 4.90 Å². The van der Waals surface area contributed by atoms with E-state index in [1.54, 1.807) is 51.1 Å². The minimum atomic E-state index is -0.857. The van der Waals surface area contributed by atoms with Crippen LogP contribution in [0.5, 0.6) is 5.75 Å². The molecule has 140 valence electrons. The Balaban J connectivity index is 2.23. The number of benzene rings is 1. The Hall–Kier alpha value is -2.83. The lowest BCUT2D eigenvalue weighted by molar-refractivity contribution is -0.160. The van der Waals surface area contributed by atoms with Crippen molar-refractivity contribution in [3.05, 3.63) is 42.3 Å². The van der Waals surface area contributed by atoms with Crippen molar-refractivity contribution in [3.8, 4) is 5.75 Å². The first-order chi connectivity index (χ1) is 12.2. The highest BCUT2D eigenvalue weighted by atomic mass is 16.6. The van der Waals surface area contributed by atoms with Gasteiger partial charge in [0.25, 0.3) is 0 Å². The van der Waals surface area contributed by atoms with Gasteiger partial charge in [0.05, 0.1) is 0 Å². The van der Waals surface area contributed by atoms with E-state index in [9.17, 15) is 14.4 Å². The van der Waals surface area contributed by atoms with E-state index in [0.29, 0.717) is 17.9 Å². The molecule has 0 fully saturated rings. The van der Waals surface area contributed by atoms with E-state index in [-0.39, 0.29) is 6.42 Å². The minimum absolute atomic E-state index is 0.262. The lowest BCUT2D eigenvalue weighted by Crippen LogP contribution is -2.47. The number of esters is 2. The van der Waals surface area contributed by atoms with Gasteiger partial charge in [0.15, 0.2) is 0 Å². The molecule has 0 saturated heterocycles. The molecule has 0 spiro atoms. The summed E-state index contributed by atoms with van der Waals surface area (Å²) in [6, 6.07) is 7.64. The number of rotatable bonds is 3. The van der Waals surface area contributed by atoms with Crippen molar-refractivity contribution in [1.29, 1.82) is 0 Å². The van der Waals surface area contributed by atoms with Crippen LogP contribution >= 0.6 is 0 Å². The van der Waals surface area contributed by atoms with Crippen LogP contribution in [0.3, 0.4) is 0 Å². The van der Waals surface area contributed by atoms with Crippen molar-refractivity contribution in [2.45, 2.75) is 52.2 Å². The van der Waals surface area contributed by atoms with Gasteiger partial charge < -0.3 is 14.2 Å². The molecule has 0 unspecified atom stereocenters. The van der Waals surface area contributed by atoms with E-state index >= 15 is 0 Å². The number of para-hydroxylation sites is 1. The van der Waals surface area contributed by atoms with Crippen LogP contribution in [-0.4, -0.2) is 34.6 Å². The molecular weight excluding hydrogens is 338 g/mol. The molecular formula is C19H23NO6. The van der Waals surface area contributed by atoms with Crippen molar-refractivity contribution in [3.63, 3.8) is 0 Å². The van der Waals surface area contributed by atoms with Crippen molar-refractivity contribution in [1.82, 2.24) is 4.90 Å². The van der Waals surface area contributed by atoms with E-state index < -0.39 is 29.7 Å². The first-order valence-electron chi connectivity index (χ1n) is 8.33. The third kappa shape index (κ3) is 5.61. The zero-order chi connectivity index (χ0) is 19.3. The molecule has 26 heavy (non-hydrogen) atoms. The minimum Gasteiger partial charge on any atom is -0.458 e. The molecule has 1 aliphatic rings. The van der Waals surface area contributed by atoms with Gasteiger partial charge in [0.2, 0.25) is 0 Å². The summed E-state index contributed by atoms with van der Waals surface area (Å²) in [6.45, 7) is 6.52. The maximum atomic E-state index is 12.6. The fourth-order valence-electron chi connectivity index (χ4n) is 2.41. The van der Waals surface area contributed by atoms with E-state index in [2.05, 4.69) is 0 Å². The van der Waals surface area contributed by atoms with Crippen LogP contribution in [0.1, 0.15) is 40.5 Å². The number of nitrogens with zero attached hydrogens (tertiary/aromatic N) is 1. The number of amides is 1. The molecule has 1 aromatic carbocycles. The number of ether oxygens (including phenoxy) is 3. The second-order valence-electron chi connectivity index (χ2n) is 6.87. The van der Waals surface area contributed by atoms with Crippen LogP contribution in [0.15, 0.2) is 42.3 Å². The van der Waals surface area contributed by atoms with Gasteiger partial charge in [-0.15, -0.1) is 0 Å². The number of hydrogen-bond donors (Lipinski definition) is 0. The van der Waals surface area contributed by atoms with E-state index in [1.165, 1.54) is 13.1 Å². The Morgan fingerprint density at radius 1 is 1.08 bits per heavy atom. The Kier molecular flexibility index (Phi) is 6.02. The summed E-state index contributed by atoms with van der Waals surface area (Å²) in [5.41, 5.74) is -0.689. The Morgan fingerprint density at radius 3 is 2.31 bits per heavy atom. The molecule has 1 atom stereocenters. The van der Waals surface area contributed by atoms with Crippen LogP contribution < -0.4 is 4.74 Å². The Labute approximate surface area is 152 Å². The molecule has 2 rings (SSSR count). The quantitative estimate of drug-likeness (QED) is 0.768. The average molecular weight is 361 g/mol. The smallest absolute Gasteiger partial charge is 0.420 e. The Morgan fingerprint density at radius 2 is 1.73 bits per heavy atom. The van der Waals surface area contributed by atoms with Gasteiger partial charge >= 0.3 is 18.0 Å². The lowest BCUT2D eigenvalue weighted by atomic mass is 10.1. The highest BCUT2D eigenvalue weighted by Crippen LogP contribution is 2.25. The van der Waals surface area contributed by atoms with Gasteiger partial charge in [-0.25, -0.2) is 9.59 Å². The summed E-state index contributed by atoms with van der Waals surface area (Å²) in [5, 5.41) is 0. The van der Waals surface area contributed by atoms with Crippen molar-refractivity contribution >= 4 is 18.0 Å². The first-order valence-corrected chi connectivity index (χ1v) is 8.33. The molecule has 1 amide bonds. The monoisotopic (exact) mass is 361 g/mol. The maximum Gasteiger partial charge on any atom is 0.420 e. The summed E-state index contributed by atoms with van der Waals surface area (Å²) in [6.07, 6.45) is 1.16. The molecule has 0 bridgehead atoms. The highest BCUT2D eigenvalue weighted by Gasteiger charge is 2.37.